The highest BCUT2D eigenvalue weighted by Gasteiger charge is 2.14. The maximum Gasteiger partial charge on any atom is 0.163 e. The molecule has 1 aromatic carbocycles. The smallest absolute Gasteiger partial charge is 0.163 e. The standard InChI is InChI=1S/C17H22O2/c1-13-9-10-17(19-2)15(11-13)12-16(18)14-7-5-3-4-6-8-14/h7,9-11H,3-6,8,12H2,1-2H3. The van der Waals surface area contributed by atoms with E-state index in [0.717, 1.165) is 36.1 Å². The Morgan fingerprint density at radius 1 is 1.26 bits per heavy atom. The Balaban J connectivity index is 2.13. The fraction of sp³-hybridized carbons (Fsp3) is 0.471. The van der Waals surface area contributed by atoms with Gasteiger partial charge in [-0.05, 0) is 44.2 Å². The quantitative estimate of drug-likeness (QED) is 0.815. The van der Waals surface area contributed by atoms with Gasteiger partial charge in [-0.15, -0.1) is 0 Å². The number of allylic oxidation sites excluding steroid dienone is 2. The van der Waals surface area contributed by atoms with Crippen LogP contribution in [-0.4, -0.2) is 12.9 Å². The van der Waals surface area contributed by atoms with Gasteiger partial charge in [-0.25, -0.2) is 0 Å². The van der Waals surface area contributed by atoms with Gasteiger partial charge >= 0.3 is 0 Å². The highest BCUT2D eigenvalue weighted by molar-refractivity contribution is 5.97. The van der Waals surface area contributed by atoms with Gasteiger partial charge in [0.15, 0.2) is 5.78 Å². The van der Waals surface area contributed by atoms with Gasteiger partial charge in [0, 0.05) is 12.0 Å². The Morgan fingerprint density at radius 3 is 2.89 bits per heavy atom. The minimum atomic E-state index is 0.255. The van der Waals surface area contributed by atoms with Crippen LogP contribution in [0.15, 0.2) is 29.8 Å². The number of Topliss-reactive ketones (excluding diaryl/α,β-unsaturated/α-hetero) is 1. The first-order valence-electron chi connectivity index (χ1n) is 7.06. The van der Waals surface area contributed by atoms with Crippen LogP contribution in [0.2, 0.25) is 0 Å². The molecule has 0 amide bonds. The molecule has 19 heavy (non-hydrogen) atoms. The summed E-state index contributed by atoms with van der Waals surface area (Å²) >= 11 is 0. The first-order valence-corrected chi connectivity index (χ1v) is 7.06. The van der Waals surface area contributed by atoms with Gasteiger partial charge in [-0.3, -0.25) is 4.79 Å². The molecule has 2 nitrogen and oxygen atoms in total. The molecule has 0 bridgehead atoms. The summed E-state index contributed by atoms with van der Waals surface area (Å²) in [5.74, 6) is 1.07. The summed E-state index contributed by atoms with van der Waals surface area (Å²) in [6.45, 7) is 2.04. The Bertz CT molecular complexity index is 486. The van der Waals surface area contributed by atoms with E-state index in [4.69, 9.17) is 4.74 Å². The Hall–Kier alpha value is -1.57. The van der Waals surface area contributed by atoms with E-state index in [9.17, 15) is 4.79 Å². The topological polar surface area (TPSA) is 26.3 Å². The van der Waals surface area contributed by atoms with Crippen LogP contribution >= 0.6 is 0 Å². The van der Waals surface area contributed by atoms with E-state index < -0.39 is 0 Å². The van der Waals surface area contributed by atoms with Crippen molar-refractivity contribution < 1.29 is 9.53 Å². The van der Waals surface area contributed by atoms with Crippen molar-refractivity contribution in [1.29, 1.82) is 0 Å². The van der Waals surface area contributed by atoms with Gasteiger partial charge in [-0.1, -0.05) is 30.2 Å². The number of carbonyl (C=O) groups is 1. The highest BCUT2D eigenvalue weighted by Crippen LogP contribution is 2.24. The molecule has 0 saturated heterocycles. The average Bonchev–Trinajstić information content (AvgIpc) is 2.68. The van der Waals surface area contributed by atoms with E-state index >= 15 is 0 Å². The van der Waals surface area contributed by atoms with Gasteiger partial charge in [0.25, 0.3) is 0 Å². The van der Waals surface area contributed by atoms with Gasteiger partial charge in [0.05, 0.1) is 7.11 Å². The predicted molar refractivity (Wildman–Crippen MR) is 77.6 cm³/mol. The Labute approximate surface area is 115 Å². The van der Waals surface area contributed by atoms with Crippen LogP contribution in [0.5, 0.6) is 5.75 Å². The molecule has 0 N–H and O–H groups in total. The number of rotatable bonds is 4. The maximum absolute atomic E-state index is 12.4. The summed E-state index contributed by atoms with van der Waals surface area (Å²) in [5.41, 5.74) is 3.18. The zero-order valence-electron chi connectivity index (χ0n) is 11.9. The lowest BCUT2D eigenvalue weighted by molar-refractivity contribution is -0.115. The van der Waals surface area contributed by atoms with Crippen LogP contribution in [0.4, 0.5) is 0 Å². The number of ether oxygens (including phenoxy) is 1. The average molecular weight is 258 g/mol. The molecular weight excluding hydrogens is 236 g/mol. The summed E-state index contributed by atoms with van der Waals surface area (Å²) in [4.78, 5) is 12.4. The molecule has 0 unspecified atom stereocenters. The van der Waals surface area contributed by atoms with Crippen LogP contribution in [0.3, 0.4) is 0 Å². The second-order valence-electron chi connectivity index (χ2n) is 5.24. The van der Waals surface area contributed by atoms with Gasteiger partial charge in [-0.2, -0.15) is 0 Å². The third kappa shape index (κ3) is 3.69. The zero-order valence-corrected chi connectivity index (χ0v) is 11.9. The zero-order chi connectivity index (χ0) is 13.7. The SMILES string of the molecule is COc1ccc(C)cc1CC(=O)C1=CCCCCC1. The Kier molecular flexibility index (Phi) is 4.78. The third-order valence-corrected chi connectivity index (χ3v) is 3.69. The van der Waals surface area contributed by atoms with Crippen molar-refractivity contribution in [2.75, 3.05) is 7.11 Å². The van der Waals surface area contributed by atoms with E-state index in [1.165, 1.54) is 18.4 Å². The largest absolute Gasteiger partial charge is 0.496 e. The van der Waals surface area contributed by atoms with Crippen molar-refractivity contribution in [3.8, 4) is 5.75 Å². The molecular formula is C17H22O2. The molecule has 1 aliphatic carbocycles. The molecule has 0 saturated carbocycles. The molecule has 2 heteroatoms. The van der Waals surface area contributed by atoms with Crippen LogP contribution in [-0.2, 0) is 11.2 Å². The van der Waals surface area contributed by atoms with Crippen molar-refractivity contribution in [2.24, 2.45) is 0 Å². The number of aryl methyl sites for hydroxylation is 1. The van der Waals surface area contributed by atoms with Gasteiger partial charge in [0.2, 0.25) is 0 Å². The monoisotopic (exact) mass is 258 g/mol. The summed E-state index contributed by atoms with van der Waals surface area (Å²) in [7, 11) is 1.66. The summed E-state index contributed by atoms with van der Waals surface area (Å²) in [6.07, 6.45) is 8.17. The maximum atomic E-state index is 12.4. The molecule has 1 aliphatic rings. The first-order chi connectivity index (χ1) is 9.20. The van der Waals surface area contributed by atoms with E-state index in [-0.39, 0.29) is 5.78 Å². The minimum absolute atomic E-state index is 0.255. The molecule has 2 rings (SSSR count). The third-order valence-electron chi connectivity index (χ3n) is 3.69. The Morgan fingerprint density at radius 2 is 2.11 bits per heavy atom. The second kappa shape index (κ2) is 6.55. The predicted octanol–water partition coefficient (Wildman–Crippen LogP) is 4.01. The van der Waals surface area contributed by atoms with Gasteiger partial charge < -0.3 is 4.74 Å². The van der Waals surface area contributed by atoms with Crippen LogP contribution in [0, 0.1) is 6.92 Å². The van der Waals surface area contributed by atoms with E-state index in [1.54, 1.807) is 7.11 Å². The highest BCUT2D eigenvalue weighted by atomic mass is 16.5. The summed E-state index contributed by atoms with van der Waals surface area (Å²) in [6, 6.07) is 6.01. The number of hydrogen-bond donors (Lipinski definition) is 0. The van der Waals surface area contributed by atoms with E-state index in [1.807, 2.05) is 25.1 Å². The van der Waals surface area contributed by atoms with Crippen LogP contribution < -0.4 is 4.74 Å². The normalized spacial score (nSPS) is 15.6. The number of benzene rings is 1. The lowest BCUT2D eigenvalue weighted by Crippen LogP contribution is -2.07. The van der Waals surface area contributed by atoms with E-state index in [2.05, 4.69) is 6.08 Å². The van der Waals surface area contributed by atoms with E-state index in [0.29, 0.717) is 6.42 Å². The van der Waals surface area contributed by atoms with Crippen molar-refractivity contribution in [3.63, 3.8) is 0 Å². The van der Waals surface area contributed by atoms with Crippen LogP contribution in [0.1, 0.15) is 43.2 Å². The minimum Gasteiger partial charge on any atom is -0.496 e. The molecule has 102 valence electrons. The van der Waals surface area contributed by atoms with Crippen molar-refractivity contribution >= 4 is 5.78 Å². The first kappa shape index (κ1) is 13.9. The lowest BCUT2D eigenvalue weighted by atomic mass is 9.98. The van der Waals surface area contributed by atoms with Crippen molar-refractivity contribution in [1.82, 2.24) is 0 Å². The molecule has 0 aromatic heterocycles. The van der Waals surface area contributed by atoms with Crippen molar-refractivity contribution in [2.45, 2.75) is 45.4 Å². The molecule has 0 spiro atoms. The molecule has 0 atom stereocenters. The van der Waals surface area contributed by atoms with Crippen LogP contribution in [0.25, 0.3) is 0 Å². The van der Waals surface area contributed by atoms with Crippen molar-refractivity contribution in [3.05, 3.63) is 41.0 Å². The summed E-state index contributed by atoms with van der Waals surface area (Å²) in [5, 5.41) is 0. The summed E-state index contributed by atoms with van der Waals surface area (Å²) < 4.78 is 5.34. The molecule has 0 heterocycles. The fourth-order valence-corrected chi connectivity index (χ4v) is 2.60. The van der Waals surface area contributed by atoms with Gasteiger partial charge in [0.1, 0.15) is 5.75 Å². The lowest BCUT2D eigenvalue weighted by Gasteiger charge is -2.10. The number of hydrogen-bond acceptors (Lipinski definition) is 2. The number of methoxy groups -OCH3 is 1. The molecule has 0 fully saturated rings. The number of carbonyl (C=O) groups excluding carboxylic acids is 1. The molecule has 0 aliphatic heterocycles. The second-order valence-corrected chi connectivity index (χ2v) is 5.24. The number of ketones is 1. The molecule has 1 aromatic rings. The fourth-order valence-electron chi connectivity index (χ4n) is 2.60. The molecule has 0 radical (unpaired) electrons.